The molecule has 8 heteroatoms. The third-order valence-electron chi connectivity index (χ3n) is 5.34. The van der Waals surface area contributed by atoms with Crippen molar-refractivity contribution in [3.63, 3.8) is 0 Å². The van der Waals surface area contributed by atoms with E-state index in [2.05, 4.69) is 22.4 Å². The molecule has 1 aliphatic heterocycles. The number of nitrogens with one attached hydrogen (secondary N) is 2. The number of benzene rings is 1. The second kappa shape index (κ2) is 12.0. The third kappa shape index (κ3) is 7.31. The fourth-order valence-electron chi connectivity index (χ4n) is 3.57. The molecule has 1 aromatic carbocycles. The van der Waals surface area contributed by atoms with E-state index >= 15 is 0 Å². The minimum absolute atomic E-state index is 0.0359. The summed E-state index contributed by atoms with van der Waals surface area (Å²) in [5.74, 6) is 1.31. The third-order valence-corrected chi connectivity index (χ3v) is 6.44. The molecule has 0 bridgehead atoms. The highest BCUT2D eigenvalue weighted by atomic mass is 32.2. The minimum Gasteiger partial charge on any atom is -0.491 e. The molecule has 1 unspecified atom stereocenters. The van der Waals surface area contributed by atoms with Gasteiger partial charge < -0.3 is 20.5 Å². The lowest BCUT2D eigenvalue weighted by molar-refractivity contribution is -0.120. The Morgan fingerprint density at radius 3 is 2.72 bits per heavy atom. The van der Waals surface area contributed by atoms with Gasteiger partial charge >= 0.3 is 0 Å². The molecule has 1 fully saturated rings. The van der Waals surface area contributed by atoms with Gasteiger partial charge in [0.1, 0.15) is 5.75 Å². The van der Waals surface area contributed by atoms with Crippen molar-refractivity contribution >= 4 is 17.7 Å². The Bertz CT molecular complexity index is 889. The van der Waals surface area contributed by atoms with E-state index in [0.717, 1.165) is 48.6 Å². The molecule has 2 aromatic rings. The number of aromatic amines is 1. The number of ether oxygens (including phenoxy) is 2. The van der Waals surface area contributed by atoms with Gasteiger partial charge in [0.05, 0.1) is 24.4 Å². The monoisotopic (exact) mass is 458 g/mol. The maximum absolute atomic E-state index is 12.2. The van der Waals surface area contributed by atoms with Crippen LogP contribution >= 0.6 is 11.8 Å². The summed E-state index contributed by atoms with van der Waals surface area (Å²) < 4.78 is 11.1. The maximum Gasteiger partial charge on any atom is 0.225 e. The zero-order chi connectivity index (χ0) is 22.9. The number of amides is 1. The number of nitrogens with two attached hydrogens (primary N) is 1. The smallest absolute Gasteiger partial charge is 0.225 e. The average molecular weight is 459 g/mol. The number of carbonyl (C=O) groups is 1. The van der Waals surface area contributed by atoms with Gasteiger partial charge in [-0.2, -0.15) is 5.10 Å². The fraction of sp³-hybridized carbons (Fsp3) is 0.500. The molecule has 2 heterocycles. The quantitative estimate of drug-likeness (QED) is 0.488. The van der Waals surface area contributed by atoms with Crippen LogP contribution in [0.25, 0.3) is 11.3 Å². The van der Waals surface area contributed by atoms with E-state index in [1.165, 1.54) is 0 Å². The first-order valence-corrected chi connectivity index (χ1v) is 12.1. The molecule has 7 nitrogen and oxygen atoms in total. The van der Waals surface area contributed by atoms with Gasteiger partial charge in [0.15, 0.2) is 0 Å². The SMILES string of the molecule is CC(C)Oc1ccc(-c2[nH]ncc2C(C)S/C=C(\N)CC(=O)NCC2CCOCC2)cc1. The highest BCUT2D eigenvalue weighted by Crippen LogP contribution is 2.35. The molecular formula is C24H34N4O3S. The molecule has 1 saturated heterocycles. The molecule has 0 aliphatic carbocycles. The Hall–Kier alpha value is -2.45. The molecule has 4 N–H and O–H groups in total. The fourth-order valence-corrected chi connectivity index (χ4v) is 4.36. The van der Waals surface area contributed by atoms with Crippen molar-refractivity contribution in [2.75, 3.05) is 19.8 Å². The van der Waals surface area contributed by atoms with Gasteiger partial charge in [-0.3, -0.25) is 9.89 Å². The summed E-state index contributed by atoms with van der Waals surface area (Å²) in [4.78, 5) is 12.2. The summed E-state index contributed by atoms with van der Waals surface area (Å²) in [6.07, 6.45) is 4.19. The molecule has 3 rings (SSSR count). The summed E-state index contributed by atoms with van der Waals surface area (Å²) in [7, 11) is 0. The molecule has 0 radical (unpaired) electrons. The maximum atomic E-state index is 12.2. The first kappa shape index (κ1) is 24.2. The van der Waals surface area contributed by atoms with E-state index in [0.29, 0.717) is 18.2 Å². The van der Waals surface area contributed by atoms with Crippen LogP contribution in [0.3, 0.4) is 0 Å². The molecule has 1 aliphatic rings. The van der Waals surface area contributed by atoms with E-state index in [1.54, 1.807) is 11.8 Å². The van der Waals surface area contributed by atoms with Crippen LogP contribution in [0, 0.1) is 5.92 Å². The van der Waals surface area contributed by atoms with Crippen LogP contribution in [-0.2, 0) is 9.53 Å². The van der Waals surface area contributed by atoms with Crippen molar-refractivity contribution in [1.29, 1.82) is 0 Å². The zero-order valence-corrected chi connectivity index (χ0v) is 19.9. The van der Waals surface area contributed by atoms with Crippen LogP contribution in [0.15, 0.2) is 41.6 Å². The highest BCUT2D eigenvalue weighted by Gasteiger charge is 2.16. The lowest BCUT2D eigenvalue weighted by Gasteiger charge is -2.22. The molecular weight excluding hydrogens is 424 g/mol. The standard InChI is InChI=1S/C24H34N4O3S/c1-16(2)31-21-6-4-19(5-7-21)24-22(14-27-28-24)17(3)32-15-20(25)12-23(29)26-13-18-8-10-30-11-9-18/h4-7,14-18H,8-13,25H2,1-3H3,(H,26,29)(H,27,28)/b20-15-. The van der Waals surface area contributed by atoms with Gasteiger partial charge in [0.25, 0.3) is 0 Å². The first-order valence-electron chi connectivity index (χ1n) is 11.2. The summed E-state index contributed by atoms with van der Waals surface area (Å²) in [5, 5.41) is 12.3. The molecule has 174 valence electrons. The van der Waals surface area contributed by atoms with Crippen molar-refractivity contribution < 1.29 is 14.3 Å². The van der Waals surface area contributed by atoms with Gasteiger partial charge in [-0.15, -0.1) is 11.8 Å². The van der Waals surface area contributed by atoms with E-state index in [-0.39, 0.29) is 23.7 Å². The Balaban J connectivity index is 1.52. The number of thioether (sulfide) groups is 1. The largest absolute Gasteiger partial charge is 0.491 e. The van der Waals surface area contributed by atoms with Crippen molar-refractivity contribution in [3.8, 4) is 17.0 Å². The summed E-state index contributed by atoms with van der Waals surface area (Å²) in [5.41, 5.74) is 9.78. The van der Waals surface area contributed by atoms with E-state index < -0.39 is 0 Å². The van der Waals surface area contributed by atoms with Crippen LogP contribution in [0.2, 0.25) is 0 Å². The zero-order valence-electron chi connectivity index (χ0n) is 19.1. The van der Waals surface area contributed by atoms with Crippen molar-refractivity contribution in [3.05, 3.63) is 47.1 Å². The Labute approximate surface area is 194 Å². The lowest BCUT2D eigenvalue weighted by Crippen LogP contribution is -2.32. The van der Waals surface area contributed by atoms with E-state index in [4.69, 9.17) is 15.2 Å². The predicted octanol–water partition coefficient (Wildman–Crippen LogP) is 4.39. The molecule has 1 amide bonds. The van der Waals surface area contributed by atoms with Crippen LogP contribution < -0.4 is 15.8 Å². The van der Waals surface area contributed by atoms with E-state index in [1.807, 2.05) is 49.7 Å². The summed E-state index contributed by atoms with van der Waals surface area (Å²) >= 11 is 1.58. The number of aromatic nitrogens is 2. The minimum atomic E-state index is -0.0359. The average Bonchev–Trinajstić information content (AvgIpc) is 3.27. The molecule has 32 heavy (non-hydrogen) atoms. The second-order valence-electron chi connectivity index (χ2n) is 8.40. The number of hydrogen-bond donors (Lipinski definition) is 3. The van der Waals surface area contributed by atoms with Crippen molar-refractivity contribution in [2.24, 2.45) is 11.7 Å². The Kier molecular flexibility index (Phi) is 9.05. The molecule has 1 atom stereocenters. The van der Waals surface area contributed by atoms with Crippen LogP contribution in [0.5, 0.6) is 5.75 Å². The number of nitrogens with zero attached hydrogens (tertiary/aromatic N) is 1. The topological polar surface area (TPSA) is 102 Å². The number of carbonyl (C=O) groups excluding carboxylic acids is 1. The van der Waals surface area contributed by atoms with Gasteiger partial charge in [-0.05, 0) is 69.2 Å². The normalized spacial score (nSPS) is 16.2. The molecule has 0 spiro atoms. The van der Waals surface area contributed by atoms with E-state index in [9.17, 15) is 4.79 Å². The van der Waals surface area contributed by atoms with Crippen molar-refractivity contribution in [2.45, 2.75) is 51.4 Å². The lowest BCUT2D eigenvalue weighted by atomic mass is 10.0. The summed E-state index contributed by atoms with van der Waals surface area (Å²) in [6.45, 7) is 8.37. The second-order valence-corrected chi connectivity index (χ2v) is 9.61. The van der Waals surface area contributed by atoms with Gasteiger partial charge in [0.2, 0.25) is 5.91 Å². The highest BCUT2D eigenvalue weighted by molar-refractivity contribution is 8.02. The number of hydrogen-bond acceptors (Lipinski definition) is 6. The van der Waals surface area contributed by atoms with Crippen LogP contribution in [0.4, 0.5) is 0 Å². The first-order chi connectivity index (χ1) is 15.4. The Morgan fingerprint density at radius 1 is 1.31 bits per heavy atom. The van der Waals surface area contributed by atoms with Crippen LogP contribution in [0.1, 0.15) is 50.8 Å². The number of rotatable bonds is 10. The Morgan fingerprint density at radius 2 is 2.03 bits per heavy atom. The predicted molar refractivity (Wildman–Crippen MR) is 129 cm³/mol. The van der Waals surface area contributed by atoms with Crippen LogP contribution in [-0.4, -0.2) is 42.0 Å². The number of H-pyrrole nitrogens is 1. The van der Waals surface area contributed by atoms with Gasteiger partial charge in [0, 0.05) is 41.8 Å². The molecule has 0 saturated carbocycles. The van der Waals surface area contributed by atoms with Gasteiger partial charge in [-0.25, -0.2) is 0 Å². The summed E-state index contributed by atoms with van der Waals surface area (Å²) in [6, 6.07) is 7.99. The van der Waals surface area contributed by atoms with Crippen molar-refractivity contribution in [1.82, 2.24) is 15.5 Å². The molecule has 1 aromatic heterocycles. The van der Waals surface area contributed by atoms with Gasteiger partial charge in [-0.1, -0.05) is 0 Å².